The molecule has 0 radical (unpaired) electrons. The zero-order valence-corrected chi connectivity index (χ0v) is 20.2. The average molecular weight is 449 g/mol. The lowest BCUT2D eigenvalue weighted by Crippen LogP contribution is -2.24. The topological polar surface area (TPSA) is 60.5 Å². The minimum absolute atomic E-state index is 0.0646. The fraction of sp³-hybridized carbons (Fsp3) is 0.429. The lowest BCUT2D eigenvalue weighted by molar-refractivity contribution is 0.0954. The summed E-state index contributed by atoms with van der Waals surface area (Å²) in [7, 11) is 3.24. The van der Waals surface area contributed by atoms with Gasteiger partial charge in [0.15, 0.2) is 0 Å². The van der Waals surface area contributed by atoms with E-state index < -0.39 is 0 Å². The molecule has 176 valence electrons. The van der Waals surface area contributed by atoms with Crippen LogP contribution in [0.3, 0.4) is 0 Å². The lowest BCUT2D eigenvalue weighted by Gasteiger charge is -2.13. The highest BCUT2D eigenvalue weighted by Crippen LogP contribution is 2.34. The summed E-state index contributed by atoms with van der Waals surface area (Å²) in [5.41, 5.74) is 2.93. The molecule has 3 aromatic rings. The number of amides is 1. The predicted octanol–water partition coefficient (Wildman–Crippen LogP) is 6.79. The summed E-state index contributed by atoms with van der Waals surface area (Å²) in [5.74, 6) is 1.30. The van der Waals surface area contributed by atoms with Crippen molar-refractivity contribution in [1.29, 1.82) is 0 Å². The quantitative estimate of drug-likeness (QED) is 0.292. The minimum atomic E-state index is -0.0646. The summed E-state index contributed by atoms with van der Waals surface area (Å²) in [5, 5.41) is 3.96. The molecule has 33 heavy (non-hydrogen) atoms. The van der Waals surface area contributed by atoms with Gasteiger partial charge in [-0.05, 0) is 30.7 Å². The molecule has 3 rings (SSSR count). The van der Waals surface area contributed by atoms with Gasteiger partial charge in [-0.2, -0.15) is 0 Å². The first kappa shape index (κ1) is 24.6. The molecule has 5 nitrogen and oxygen atoms in total. The van der Waals surface area contributed by atoms with Crippen LogP contribution in [0.25, 0.3) is 22.2 Å². The number of rotatable bonds is 13. The van der Waals surface area contributed by atoms with Crippen molar-refractivity contribution < 1.29 is 14.3 Å². The molecule has 1 heterocycles. The number of para-hydroxylation sites is 1. The number of hydrogen-bond acceptors (Lipinski definition) is 4. The number of hydrogen-bond donors (Lipinski definition) is 1. The Labute approximate surface area is 197 Å². The predicted molar refractivity (Wildman–Crippen MR) is 135 cm³/mol. The van der Waals surface area contributed by atoms with Crippen molar-refractivity contribution in [2.24, 2.45) is 0 Å². The largest absolute Gasteiger partial charge is 0.497 e. The molecule has 1 amide bonds. The van der Waals surface area contributed by atoms with E-state index in [1.807, 2.05) is 48.5 Å². The van der Waals surface area contributed by atoms with Crippen molar-refractivity contribution in [3.05, 3.63) is 54.1 Å². The third-order valence-corrected chi connectivity index (χ3v) is 5.96. The van der Waals surface area contributed by atoms with Crippen LogP contribution < -0.4 is 14.8 Å². The highest BCUT2D eigenvalue weighted by atomic mass is 16.5. The van der Waals surface area contributed by atoms with Gasteiger partial charge in [-0.25, -0.2) is 4.98 Å². The van der Waals surface area contributed by atoms with Gasteiger partial charge >= 0.3 is 0 Å². The Bertz CT molecular complexity index is 1050. The number of pyridine rings is 1. The molecule has 1 N–H and O–H groups in total. The summed E-state index contributed by atoms with van der Waals surface area (Å²) in [4.78, 5) is 17.9. The van der Waals surface area contributed by atoms with Crippen LogP contribution in [0.4, 0.5) is 0 Å². The van der Waals surface area contributed by atoms with E-state index in [1.165, 1.54) is 38.5 Å². The number of unbranched alkanes of at least 4 members (excludes halogenated alkanes) is 7. The summed E-state index contributed by atoms with van der Waals surface area (Å²) in [6.45, 7) is 2.93. The van der Waals surface area contributed by atoms with E-state index in [1.54, 1.807) is 14.2 Å². The number of carbonyl (C=O) groups is 1. The van der Waals surface area contributed by atoms with E-state index in [2.05, 4.69) is 12.2 Å². The van der Waals surface area contributed by atoms with Gasteiger partial charge in [-0.3, -0.25) is 4.79 Å². The van der Waals surface area contributed by atoms with Gasteiger partial charge in [0, 0.05) is 23.6 Å². The van der Waals surface area contributed by atoms with Gasteiger partial charge in [0.1, 0.15) is 11.5 Å². The van der Waals surface area contributed by atoms with Gasteiger partial charge in [0.2, 0.25) is 0 Å². The van der Waals surface area contributed by atoms with Gasteiger partial charge < -0.3 is 14.8 Å². The van der Waals surface area contributed by atoms with Crippen LogP contribution in [0.5, 0.6) is 11.5 Å². The first-order chi connectivity index (χ1) is 16.2. The van der Waals surface area contributed by atoms with Crippen LogP contribution in [-0.4, -0.2) is 31.7 Å². The van der Waals surface area contributed by atoms with Gasteiger partial charge in [0.05, 0.1) is 31.0 Å². The zero-order chi connectivity index (χ0) is 23.5. The second-order valence-corrected chi connectivity index (χ2v) is 8.37. The SMILES string of the molecule is CCCCCCCCCCNC(=O)c1cc(-c2ccc(OC)cc2OC)nc2ccccc12. The van der Waals surface area contributed by atoms with Crippen molar-refractivity contribution in [1.82, 2.24) is 10.3 Å². The number of nitrogens with one attached hydrogen (secondary N) is 1. The van der Waals surface area contributed by atoms with Crippen molar-refractivity contribution in [3.63, 3.8) is 0 Å². The molecular weight excluding hydrogens is 412 g/mol. The Morgan fingerprint density at radius 2 is 1.61 bits per heavy atom. The van der Waals surface area contributed by atoms with E-state index in [0.29, 0.717) is 29.3 Å². The molecule has 0 unspecified atom stereocenters. The van der Waals surface area contributed by atoms with E-state index in [4.69, 9.17) is 14.5 Å². The molecule has 1 aromatic heterocycles. The number of ether oxygens (including phenoxy) is 2. The van der Waals surface area contributed by atoms with Crippen molar-refractivity contribution in [2.45, 2.75) is 58.3 Å². The maximum Gasteiger partial charge on any atom is 0.252 e. The van der Waals surface area contributed by atoms with Gasteiger partial charge in [-0.15, -0.1) is 0 Å². The first-order valence-electron chi connectivity index (χ1n) is 12.1. The van der Waals surface area contributed by atoms with Crippen LogP contribution in [-0.2, 0) is 0 Å². The molecule has 0 spiro atoms. The van der Waals surface area contributed by atoms with E-state index in [9.17, 15) is 4.79 Å². The van der Waals surface area contributed by atoms with Crippen molar-refractivity contribution in [3.8, 4) is 22.8 Å². The average Bonchev–Trinajstić information content (AvgIpc) is 2.86. The molecular formula is C28H36N2O3. The number of fused-ring (bicyclic) bond motifs is 1. The number of methoxy groups -OCH3 is 2. The Morgan fingerprint density at radius 1 is 0.879 bits per heavy atom. The standard InChI is InChI=1S/C28H36N2O3/c1-4-5-6-7-8-9-10-13-18-29-28(31)24-20-26(30-25-15-12-11-14-22(24)25)23-17-16-21(32-2)19-27(23)33-3/h11-12,14-17,19-20H,4-10,13,18H2,1-3H3,(H,29,31). The fourth-order valence-corrected chi connectivity index (χ4v) is 4.07. The third-order valence-electron chi connectivity index (χ3n) is 5.96. The monoisotopic (exact) mass is 448 g/mol. The Hall–Kier alpha value is -3.08. The maximum absolute atomic E-state index is 13.1. The number of nitrogens with zero attached hydrogens (tertiary/aromatic N) is 1. The highest BCUT2D eigenvalue weighted by molar-refractivity contribution is 6.07. The number of aromatic nitrogens is 1. The molecule has 0 aliphatic heterocycles. The van der Waals surface area contributed by atoms with Crippen molar-refractivity contribution >= 4 is 16.8 Å². The lowest BCUT2D eigenvalue weighted by atomic mass is 10.0. The molecule has 0 atom stereocenters. The molecule has 2 aromatic carbocycles. The van der Waals surface area contributed by atoms with Crippen molar-refractivity contribution in [2.75, 3.05) is 20.8 Å². The Kier molecular flexibility index (Phi) is 9.55. The molecule has 0 bridgehead atoms. The molecule has 0 saturated carbocycles. The smallest absolute Gasteiger partial charge is 0.252 e. The Balaban J connectivity index is 1.72. The fourth-order valence-electron chi connectivity index (χ4n) is 4.07. The normalized spacial score (nSPS) is 10.9. The molecule has 0 aliphatic carbocycles. The molecule has 0 saturated heterocycles. The summed E-state index contributed by atoms with van der Waals surface area (Å²) < 4.78 is 10.9. The third kappa shape index (κ3) is 6.70. The molecule has 0 fully saturated rings. The zero-order valence-electron chi connectivity index (χ0n) is 20.2. The van der Waals surface area contributed by atoms with Crippen LogP contribution in [0.1, 0.15) is 68.6 Å². The van der Waals surface area contributed by atoms with E-state index >= 15 is 0 Å². The van der Waals surface area contributed by atoms with Crippen LogP contribution in [0.15, 0.2) is 48.5 Å². The first-order valence-corrected chi connectivity index (χ1v) is 12.1. The second-order valence-electron chi connectivity index (χ2n) is 8.37. The summed E-state index contributed by atoms with van der Waals surface area (Å²) in [6, 6.07) is 15.2. The number of benzene rings is 2. The van der Waals surface area contributed by atoms with Gasteiger partial charge in [-0.1, -0.05) is 70.1 Å². The molecule has 5 heteroatoms. The summed E-state index contributed by atoms with van der Waals surface area (Å²) >= 11 is 0. The summed E-state index contributed by atoms with van der Waals surface area (Å²) in [6.07, 6.45) is 9.95. The van der Waals surface area contributed by atoms with E-state index in [-0.39, 0.29) is 5.91 Å². The minimum Gasteiger partial charge on any atom is -0.497 e. The highest BCUT2D eigenvalue weighted by Gasteiger charge is 2.16. The maximum atomic E-state index is 13.1. The number of carbonyl (C=O) groups excluding carboxylic acids is 1. The van der Waals surface area contributed by atoms with Crippen LogP contribution in [0.2, 0.25) is 0 Å². The van der Waals surface area contributed by atoms with Gasteiger partial charge in [0.25, 0.3) is 5.91 Å². The second kappa shape index (κ2) is 12.8. The van der Waals surface area contributed by atoms with E-state index in [0.717, 1.165) is 29.3 Å². The Morgan fingerprint density at radius 3 is 2.33 bits per heavy atom. The van der Waals surface area contributed by atoms with Crippen LogP contribution in [0, 0.1) is 0 Å². The molecule has 0 aliphatic rings. The van der Waals surface area contributed by atoms with Crippen LogP contribution >= 0.6 is 0 Å².